The van der Waals surface area contributed by atoms with Gasteiger partial charge in [0.25, 0.3) is 0 Å². The van der Waals surface area contributed by atoms with Crippen LogP contribution in [-0.2, 0) is 11.3 Å². The molecule has 1 heterocycles. The molecule has 2 atom stereocenters. The van der Waals surface area contributed by atoms with Gasteiger partial charge in [-0.05, 0) is 31.4 Å². The van der Waals surface area contributed by atoms with Crippen molar-refractivity contribution < 1.29 is 22.7 Å². The predicted molar refractivity (Wildman–Crippen MR) is 82.2 cm³/mol. The lowest BCUT2D eigenvalue weighted by Gasteiger charge is -2.37. The topological polar surface area (TPSA) is 50.4 Å². The number of ether oxygens (including phenoxy) is 1. The molecule has 132 valence electrons. The van der Waals surface area contributed by atoms with E-state index in [1.54, 1.807) is 6.07 Å². The van der Waals surface area contributed by atoms with Gasteiger partial charge in [-0.15, -0.1) is 13.2 Å². The minimum absolute atomic E-state index is 0.0273. The number of amides is 1. The average Bonchev–Trinajstić information content (AvgIpc) is 2.97. The number of benzene rings is 1. The molecule has 0 unspecified atom stereocenters. The minimum atomic E-state index is -4.75. The Morgan fingerprint density at radius 2 is 2.12 bits per heavy atom. The Morgan fingerprint density at radius 1 is 1.33 bits per heavy atom. The largest absolute Gasteiger partial charge is 0.573 e. The summed E-state index contributed by atoms with van der Waals surface area (Å²) in [5, 5.41) is 6.12. The Kier molecular flexibility index (Phi) is 4.71. The lowest BCUT2D eigenvalue weighted by molar-refractivity contribution is -0.274. The van der Waals surface area contributed by atoms with Crippen LogP contribution in [0, 0.1) is 11.3 Å². The molecule has 2 fully saturated rings. The van der Waals surface area contributed by atoms with Crippen molar-refractivity contribution in [2.45, 2.75) is 38.6 Å². The van der Waals surface area contributed by atoms with E-state index in [1.807, 2.05) is 0 Å². The van der Waals surface area contributed by atoms with Crippen molar-refractivity contribution in [1.82, 2.24) is 10.6 Å². The molecule has 1 amide bonds. The molecule has 1 aromatic carbocycles. The summed E-state index contributed by atoms with van der Waals surface area (Å²) >= 11 is 0. The molecule has 0 bridgehead atoms. The lowest BCUT2D eigenvalue weighted by Crippen LogP contribution is -2.47. The third-order valence-electron chi connectivity index (χ3n) is 5.13. The quantitative estimate of drug-likeness (QED) is 0.884. The van der Waals surface area contributed by atoms with E-state index in [4.69, 9.17) is 0 Å². The monoisotopic (exact) mass is 342 g/mol. The molecule has 7 heteroatoms. The van der Waals surface area contributed by atoms with Gasteiger partial charge in [-0.1, -0.05) is 31.0 Å². The van der Waals surface area contributed by atoms with E-state index >= 15 is 0 Å². The van der Waals surface area contributed by atoms with Gasteiger partial charge in [-0.25, -0.2) is 0 Å². The number of nitrogens with one attached hydrogen (secondary N) is 2. The van der Waals surface area contributed by atoms with Crippen LogP contribution in [-0.4, -0.2) is 25.4 Å². The van der Waals surface area contributed by atoms with Gasteiger partial charge in [0.15, 0.2) is 0 Å². The maximum absolute atomic E-state index is 12.8. The van der Waals surface area contributed by atoms with Crippen molar-refractivity contribution in [3.05, 3.63) is 29.8 Å². The average molecular weight is 342 g/mol. The van der Waals surface area contributed by atoms with Crippen LogP contribution in [0.3, 0.4) is 0 Å². The molecule has 1 aliphatic heterocycles. The summed E-state index contributed by atoms with van der Waals surface area (Å²) in [5.74, 6) is -0.0283. The van der Waals surface area contributed by atoms with Gasteiger partial charge in [0.2, 0.25) is 5.91 Å². The summed E-state index contributed by atoms with van der Waals surface area (Å²) < 4.78 is 41.4. The number of para-hydroxylation sites is 1. The van der Waals surface area contributed by atoms with Gasteiger partial charge >= 0.3 is 6.36 Å². The van der Waals surface area contributed by atoms with Crippen molar-refractivity contribution in [2.75, 3.05) is 13.1 Å². The number of rotatable bonds is 4. The number of carbonyl (C=O) groups is 1. The fourth-order valence-corrected chi connectivity index (χ4v) is 3.92. The zero-order valence-corrected chi connectivity index (χ0v) is 13.3. The van der Waals surface area contributed by atoms with Crippen molar-refractivity contribution >= 4 is 5.91 Å². The van der Waals surface area contributed by atoms with Crippen LogP contribution in [0.15, 0.2) is 24.3 Å². The number of hydrogen-bond donors (Lipinski definition) is 2. The van der Waals surface area contributed by atoms with Gasteiger partial charge in [0.1, 0.15) is 5.75 Å². The van der Waals surface area contributed by atoms with E-state index in [0.29, 0.717) is 18.0 Å². The molecular weight excluding hydrogens is 321 g/mol. The van der Waals surface area contributed by atoms with Crippen molar-refractivity contribution in [3.63, 3.8) is 0 Å². The van der Waals surface area contributed by atoms with Crippen LogP contribution in [0.1, 0.15) is 31.2 Å². The molecule has 1 saturated heterocycles. The first-order valence-electron chi connectivity index (χ1n) is 8.23. The lowest BCUT2D eigenvalue weighted by atomic mass is 9.67. The van der Waals surface area contributed by atoms with E-state index in [0.717, 1.165) is 32.2 Å². The molecule has 0 aromatic heterocycles. The van der Waals surface area contributed by atoms with Crippen LogP contribution in [0.25, 0.3) is 0 Å². The number of alkyl halides is 3. The molecule has 1 aliphatic carbocycles. The molecule has 0 spiro atoms. The summed E-state index contributed by atoms with van der Waals surface area (Å²) in [7, 11) is 0. The van der Waals surface area contributed by atoms with E-state index in [-0.39, 0.29) is 18.2 Å². The highest BCUT2D eigenvalue weighted by Gasteiger charge is 2.49. The Balaban J connectivity index is 1.69. The first-order valence-corrected chi connectivity index (χ1v) is 8.23. The maximum atomic E-state index is 12.8. The number of fused-ring (bicyclic) bond motifs is 1. The molecular formula is C17H21F3N2O2. The van der Waals surface area contributed by atoms with Crippen LogP contribution in [0.5, 0.6) is 5.75 Å². The highest BCUT2D eigenvalue weighted by atomic mass is 19.4. The number of hydrogen-bond acceptors (Lipinski definition) is 3. The van der Waals surface area contributed by atoms with Gasteiger partial charge in [0, 0.05) is 18.7 Å². The Morgan fingerprint density at radius 3 is 2.92 bits per heavy atom. The van der Waals surface area contributed by atoms with E-state index in [2.05, 4.69) is 15.4 Å². The second-order valence-electron chi connectivity index (χ2n) is 6.57. The normalized spacial score (nSPS) is 26.7. The van der Waals surface area contributed by atoms with Crippen molar-refractivity contribution in [2.24, 2.45) is 11.3 Å². The van der Waals surface area contributed by atoms with Crippen LogP contribution >= 0.6 is 0 Å². The maximum Gasteiger partial charge on any atom is 0.573 e. The Hall–Kier alpha value is -1.76. The molecule has 24 heavy (non-hydrogen) atoms. The molecule has 2 aliphatic rings. The number of carbonyl (C=O) groups excluding carboxylic acids is 1. The van der Waals surface area contributed by atoms with Gasteiger partial charge < -0.3 is 15.4 Å². The van der Waals surface area contributed by atoms with Crippen molar-refractivity contribution in [3.8, 4) is 5.75 Å². The standard InChI is InChI=1S/C17H21F3N2O2/c18-17(19,20)24-14-7-2-1-5-12(14)9-22-15(23)16-8-4-3-6-13(16)10-21-11-16/h1-2,5,7,13,21H,3-4,6,8-11H2,(H,22,23)/t13-,16+/m0/s1. The van der Waals surface area contributed by atoms with Gasteiger partial charge in [-0.2, -0.15) is 0 Å². The summed E-state index contributed by atoms with van der Waals surface area (Å²) in [6, 6.07) is 5.89. The second-order valence-corrected chi connectivity index (χ2v) is 6.57. The van der Waals surface area contributed by atoms with E-state index < -0.39 is 11.8 Å². The third-order valence-corrected chi connectivity index (χ3v) is 5.13. The molecule has 4 nitrogen and oxygen atoms in total. The molecule has 1 saturated carbocycles. The highest BCUT2D eigenvalue weighted by molar-refractivity contribution is 5.84. The first kappa shape index (κ1) is 17.1. The third kappa shape index (κ3) is 3.50. The zero-order chi connectivity index (χ0) is 17.2. The van der Waals surface area contributed by atoms with Gasteiger partial charge in [-0.3, -0.25) is 4.79 Å². The second kappa shape index (κ2) is 6.63. The van der Waals surface area contributed by atoms with E-state index in [1.165, 1.54) is 18.2 Å². The fourth-order valence-electron chi connectivity index (χ4n) is 3.92. The molecule has 2 N–H and O–H groups in total. The van der Waals surface area contributed by atoms with Crippen LogP contribution < -0.4 is 15.4 Å². The van der Waals surface area contributed by atoms with Crippen molar-refractivity contribution in [1.29, 1.82) is 0 Å². The number of halogens is 3. The first-order chi connectivity index (χ1) is 11.4. The molecule has 3 rings (SSSR count). The smallest absolute Gasteiger partial charge is 0.405 e. The van der Waals surface area contributed by atoms with Gasteiger partial charge in [0.05, 0.1) is 5.41 Å². The summed E-state index contributed by atoms with van der Waals surface area (Å²) in [6.45, 7) is 1.50. The van der Waals surface area contributed by atoms with Crippen LogP contribution in [0.4, 0.5) is 13.2 Å². The van der Waals surface area contributed by atoms with Crippen LogP contribution in [0.2, 0.25) is 0 Å². The zero-order valence-electron chi connectivity index (χ0n) is 13.3. The Bertz CT molecular complexity index is 606. The SMILES string of the molecule is O=C(NCc1ccccc1OC(F)(F)F)[C@@]12CCCC[C@H]1CNC2. The van der Waals surface area contributed by atoms with E-state index in [9.17, 15) is 18.0 Å². The summed E-state index contributed by atoms with van der Waals surface area (Å²) in [4.78, 5) is 12.8. The summed E-state index contributed by atoms with van der Waals surface area (Å²) in [6.07, 6.45) is -0.753. The molecule has 0 radical (unpaired) electrons. The fraction of sp³-hybridized carbons (Fsp3) is 0.588. The highest BCUT2D eigenvalue weighted by Crippen LogP contribution is 2.44. The summed E-state index contributed by atoms with van der Waals surface area (Å²) in [5.41, 5.74) is -0.101. The minimum Gasteiger partial charge on any atom is -0.405 e. The predicted octanol–water partition coefficient (Wildman–Crippen LogP) is 2.98. The molecule has 1 aromatic rings. The Labute approximate surface area is 138 Å².